The number of aromatic nitrogens is 1. The Bertz CT molecular complexity index is 901. The Morgan fingerprint density at radius 2 is 2.15 bits per heavy atom. The molecule has 6 heteroatoms. The first-order valence-electron chi connectivity index (χ1n) is 8.71. The van der Waals surface area contributed by atoms with E-state index < -0.39 is 0 Å². The number of benzene rings is 1. The van der Waals surface area contributed by atoms with Crippen LogP contribution >= 0.6 is 22.7 Å². The number of hydrogen-bond acceptors (Lipinski definition) is 5. The van der Waals surface area contributed by atoms with Crippen molar-refractivity contribution in [2.75, 3.05) is 25.5 Å². The normalized spacial score (nSPS) is 16.8. The molecule has 0 radical (unpaired) electrons. The van der Waals surface area contributed by atoms with Gasteiger partial charge in [0.05, 0.1) is 17.1 Å². The van der Waals surface area contributed by atoms with Gasteiger partial charge in [0.15, 0.2) is 0 Å². The topological polar surface area (TPSA) is 36.4 Å². The van der Waals surface area contributed by atoms with Gasteiger partial charge in [0.1, 0.15) is 9.88 Å². The zero-order chi connectivity index (χ0) is 18.1. The fourth-order valence-electron chi connectivity index (χ4n) is 3.40. The lowest BCUT2D eigenvalue weighted by Gasteiger charge is -2.25. The number of amides is 1. The van der Waals surface area contributed by atoms with Crippen molar-refractivity contribution in [3.8, 4) is 9.88 Å². The second-order valence-electron chi connectivity index (χ2n) is 6.65. The SMILES string of the molecule is CN(C)c1cccc(C2CCCN2C(=O)c2cnc(-c3cccs3)s2)c1. The number of hydrogen-bond donors (Lipinski definition) is 0. The lowest BCUT2D eigenvalue weighted by atomic mass is 10.0. The first-order chi connectivity index (χ1) is 12.6. The fraction of sp³-hybridized carbons (Fsp3) is 0.300. The van der Waals surface area contributed by atoms with Crippen LogP contribution in [0.15, 0.2) is 48.0 Å². The average molecular weight is 384 g/mol. The maximum absolute atomic E-state index is 13.1. The van der Waals surface area contributed by atoms with Gasteiger partial charge in [-0.3, -0.25) is 4.79 Å². The van der Waals surface area contributed by atoms with E-state index in [0.29, 0.717) is 0 Å². The van der Waals surface area contributed by atoms with Gasteiger partial charge in [-0.2, -0.15) is 0 Å². The van der Waals surface area contributed by atoms with E-state index in [0.717, 1.165) is 34.1 Å². The highest BCUT2D eigenvalue weighted by Crippen LogP contribution is 2.36. The first kappa shape index (κ1) is 17.2. The number of thiophene rings is 1. The largest absolute Gasteiger partial charge is 0.378 e. The zero-order valence-electron chi connectivity index (χ0n) is 14.9. The molecule has 1 aromatic carbocycles. The smallest absolute Gasteiger partial charge is 0.266 e. The van der Waals surface area contributed by atoms with Crippen LogP contribution < -0.4 is 4.90 Å². The van der Waals surface area contributed by atoms with Gasteiger partial charge in [-0.25, -0.2) is 4.98 Å². The highest BCUT2D eigenvalue weighted by Gasteiger charge is 2.31. The van der Waals surface area contributed by atoms with Gasteiger partial charge in [0.2, 0.25) is 0 Å². The number of carbonyl (C=O) groups is 1. The Morgan fingerprint density at radius 3 is 2.92 bits per heavy atom. The number of anilines is 1. The summed E-state index contributed by atoms with van der Waals surface area (Å²) in [5.74, 6) is 0.100. The number of likely N-dealkylation sites (tertiary alicyclic amines) is 1. The first-order valence-corrected chi connectivity index (χ1v) is 10.4. The Kier molecular flexibility index (Phi) is 4.78. The van der Waals surface area contributed by atoms with Gasteiger partial charge < -0.3 is 9.80 Å². The van der Waals surface area contributed by atoms with E-state index >= 15 is 0 Å². The predicted octanol–water partition coefficient (Wildman–Crippen LogP) is 4.91. The van der Waals surface area contributed by atoms with Crippen LogP contribution in [0.2, 0.25) is 0 Å². The van der Waals surface area contributed by atoms with Crippen LogP contribution in [0.5, 0.6) is 0 Å². The van der Waals surface area contributed by atoms with E-state index in [9.17, 15) is 4.79 Å². The van der Waals surface area contributed by atoms with E-state index in [2.05, 4.69) is 34.1 Å². The van der Waals surface area contributed by atoms with Crippen molar-refractivity contribution < 1.29 is 4.79 Å². The number of thiazole rings is 1. The molecule has 134 valence electrons. The average Bonchev–Trinajstić information content (AvgIpc) is 3.41. The van der Waals surface area contributed by atoms with E-state index in [1.165, 1.54) is 22.6 Å². The molecule has 3 aromatic rings. The highest BCUT2D eigenvalue weighted by molar-refractivity contribution is 7.21. The summed E-state index contributed by atoms with van der Waals surface area (Å²) in [7, 11) is 4.08. The molecule has 0 saturated carbocycles. The van der Waals surface area contributed by atoms with Crippen molar-refractivity contribution in [2.24, 2.45) is 0 Å². The zero-order valence-corrected chi connectivity index (χ0v) is 16.5. The molecule has 1 saturated heterocycles. The van der Waals surface area contributed by atoms with E-state index in [1.54, 1.807) is 17.5 Å². The highest BCUT2D eigenvalue weighted by atomic mass is 32.1. The van der Waals surface area contributed by atoms with Gasteiger partial charge in [-0.15, -0.1) is 22.7 Å². The Hall–Kier alpha value is -2.18. The van der Waals surface area contributed by atoms with Crippen LogP contribution in [0.1, 0.15) is 34.1 Å². The Morgan fingerprint density at radius 1 is 1.27 bits per heavy atom. The molecule has 0 spiro atoms. The molecule has 26 heavy (non-hydrogen) atoms. The summed E-state index contributed by atoms with van der Waals surface area (Å²) in [6, 6.07) is 12.7. The summed E-state index contributed by atoms with van der Waals surface area (Å²) < 4.78 is 0. The molecule has 1 atom stereocenters. The minimum Gasteiger partial charge on any atom is -0.378 e. The Balaban J connectivity index is 1.58. The molecular formula is C20H21N3OS2. The molecule has 1 unspecified atom stereocenters. The van der Waals surface area contributed by atoms with Gasteiger partial charge in [-0.05, 0) is 42.0 Å². The molecule has 2 aromatic heterocycles. The second-order valence-corrected chi connectivity index (χ2v) is 8.63. The second kappa shape index (κ2) is 7.21. The van der Waals surface area contributed by atoms with Gasteiger partial charge in [-0.1, -0.05) is 18.2 Å². The molecule has 1 aliphatic rings. The fourth-order valence-corrected chi connectivity index (χ4v) is 5.07. The summed E-state index contributed by atoms with van der Waals surface area (Å²) in [4.78, 5) is 23.5. The molecule has 4 rings (SSSR count). The van der Waals surface area contributed by atoms with Crippen molar-refractivity contribution in [1.29, 1.82) is 0 Å². The van der Waals surface area contributed by atoms with Crippen molar-refractivity contribution in [3.63, 3.8) is 0 Å². The van der Waals surface area contributed by atoms with Crippen LogP contribution in [-0.2, 0) is 0 Å². The van der Waals surface area contributed by atoms with Crippen LogP contribution in [0, 0.1) is 0 Å². The minimum absolute atomic E-state index is 0.100. The van der Waals surface area contributed by atoms with E-state index in [1.807, 2.05) is 36.5 Å². The van der Waals surface area contributed by atoms with Crippen LogP contribution in [-0.4, -0.2) is 36.4 Å². The number of rotatable bonds is 4. The molecule has 1 fully saturated rings. The Labute approximate surface area is 161 Å². The van der Waals surface area contributed by atoms with Gasteiger partial charge in [0, 0.05) is 26.3 Å². The molecule has 4 nitrogen and oxygen atoms in total. The van der Waals surface area contributed by atoms with Gasteiger partial charge in [0.25, 0.3) is 5.91 Å². The standard InChI is InChI=1S/C20H21N3OS2/c1-22(2)15-7-3-6-14(12-15)16-8-4-10-23(16)20(24)18-13-21-19(26-18)17-9-5-11-25-17/h3,5-7,9,11-13,16H,4,8,10H2,1-2H3. The number of nitrogens with zero attached hydrogens (tertiary/aromatic N) is 3. The lowest BCUT2D eigenvalue weighted by Crippen LogP contribution is -2.30. The predicted molar refractivity (Wildman–Crippen MR) is 109 cm³/mol. The van der Waals surface area contributed by atoms with Crippen LogP contribution in [0.25, 0.3) is 9.88 Å². The summed E-state index contributed by atoms with van der Waals surface area (Å²) in [6.45, 7) is 0.807. The van der Waals surface area contributed by atoms with E-state index in [-0.39, 0.29) is 11.9 Å². The summed E-state index contributed by atoms with van der Waals surface area (Å²) in [5.41, 5.74) is 2.38. The summed E-state index contributed by atoms with van der Waals surface area (Å²) in [6.07, 6.45) is 3.78. The van der Waals surface area contributed by atoms with Crippen molar-refractivity contribution in [3.05, 3.63) is 58.4 Å². The third kappa shape index (κ3) is 3.27. The molecule has 1 amide bonds. The molecule has 0 aliphatic carbocycles. The molecule has 0 N–H and O–H groups in total. The molecule has 1 aliphatic heterocycles. The quantitative estimate of drug-likeness (QED) is 0.642. The molecule has 0 bridgehead atoms. The van der Waals surface area contributed by atoms with Crippen molar-refractivity contribution in [2.45, 2.75) is 18.9 Å². The monoisotopic (exact) mass is 383 g/mol. The van der Waals surface area contributed by atoms with Gasteiger partial charge >= 0.3 is 0 Å². The van der Waals surface area contributed by atoms with Crippen LogP contribution in [0.3, 0.4) is 0 Å². The maximum atomic E-state index is 13.1. The third-order valence-electron chi connectivity index (χ3n) is 4.73. The number of carbonyl (C=O) groups excluding carboxylic acids is 1. The molecule has 3 heterocycles. The molecular weight excluding hydrogens is 362 g/mol. The van der Waals surface area contributed by atoms with E-state index in [4.69, 9.17) is 0 Å². The minimum atomic E-state index is 0.100. The van der Waals surface area contributed by atoms with Crippen molar-refractivity contribution >= 4 is 34.3 Å². The summed E-state index contributed by atoms with van der Waals surface area (Å²) in [5, 5.41) is 2.96. The van der Waals surface area contributed by atoms with Crippen molar-refractivity contribution in [1.82, 2.24) is 9.88 Å². The maximum Gasteiger partial charge on any atom is 0.266 e. The summed E-state index contributed by atoms with van der Waals surface area (Å²) >= 11 is 3.14. The lowest BCUT2D eigenvalue weighted by molar-refractivity contribution is 0.0740. The third-order valence-corrected chi connectivity index (χ3v) is 6.76. The van der Waals surface area contributed by atoms with Crippen LogP contribution in [0.4, 0.5) is 5.69 Å².